The molecule has 0 rings (SSSR count). The molecule has 0 bridgehead atoms. The Morgan fingerprint density at radius 3 is 2.48 bits per heavy atom. The molecule has 21 heavy (non-hydrogen) atoms. The number of ether oxygens (including phenoxy) is 1. The van der Waals surface area contributed by atoms with Crippen LogP contribution in [0.4, 0.5) is 0 Å². The lowest BCUT2D eigenvalue weighted by Gasteiger charge is -2.28. The van der Waals surface area contributed by atoms with Crippen LogP contribution in [0.5, 0.6) is 0 Å². The number of primary amides is 1. The zero-order valence-electron chi connectivity index (χ0n) is 14.4. The first-order valence-corrected chi connectivity index (χ1v) is 8.35. The van der Waals surface area contributed by atoms with Crippen LogP contribution in [0, 0.1) is 0 Å². The van der Waals surface area contributed by atoms with Crippen molar-refractivity contribution in [3.05, 3.63) is 0 Å². The number of hydrogen-bond donors (Lipinski definition) is 2. The van der Waals surface area contributed by atoms with E-state index in [2.05, 4.69) is 24.1 Å². The van der Waals surface area contributed by atoms with Gasteiger partial charge < -0.3 is 20.7 Å². The van der Waals surface area contributed by atoms with Crippen molar-refractivity contribution in [2.75, 3.05) is 39.4 Å². The molecular formula is C16H35N3O2. The summed E-state index contributed by atoms with van der Waals surface area (Å²) in [6, 6.07) is 0. The van der Waals surface area contributed by atoms with Crippen LogP contribution >= 0.6 is 0 Å². The molecule has 1 unspecified atom stereocenters. The molecule has 0 radical (unpaired) electrons. The van der Waals surface area contributed by atoms with Crippen molar-refractivity contribution in [2.45, 2.75) is 58.9 Å². The minimum Gasteiger partial charge on any atom is -0.380 e. The summed E-state index contributed by atoms with van der Waals surface area (Å²) in [7, 11) is 0. The molecule has 0 aromatic rings. The average molecular weight is 301 g/mol. The highest BCUT2D eigenvalue weighted by Gasteiger charge is 2.29. The maximum atomic E-state index is 11.6. The summed E-state index contributed by atoms with van der Waals surface area (Å²) in [6.45, 7) is 13.6. The smallest absolute Gasteiger partial charge is 0.237 e. The Hall–Kier alpha value is -0.650. The lowest BCUT2D eigenvalue weighted by atomic mass is 9.93. The van der Waals surface area contributed by atoms with Crippen LogP contribution in [0.1, 0.15) is 53.4 Å². The van der Waals surface area contributed by atoms with Gasteiger partial charge >= 0.3 is 0 Å². The number of amides is 1. The third-order valence-electron chi connectivity index (χ3n) is 3.91. The first kappa shape index (κ1) is 20.3. The van der Waals surface area contributed by atoms with E-state index in [0.29, 0.717) is 0 Å². The monoisotopic (exact) mass is 301 g/mol. The largest absolute Gasteiger partial charge is 0.380 e. The number of carbonyl (C=O) groups is 1. The molecule has 0 heterocycles. The van der Waals surface area contributed by atoms with Crippen LogP contribution in [0.15, 0.2) is 0 Å². The zero-order chi connectivity index (χ0) is 16.1. The van der Waals surface area contributed by atoms with E-state index in [0.717, 1.165) is 65.1 Å². The fourth-order valence-corrected chi connectivity index (χ4v) is 2.28. The third-order valence-corrected chi connectivity index (χ3v) is 3.91. The van der Waals surface area contributed by atoms with Gasteiger partial charge in [0, 0.05) is 13.2 Å². The van der Waals surface area contributed by atoms with Gasteiger partial charge in [0.15, 0.2) is 0 Å². The van der Waals surface area contributed by atoms with Crippen LogP contribution in [0.25, 0.3) is 0 Å². The summed E-state index contributed by atoms with van der Waals surface area (Å²) in [4.78, 5) is 14.0. The SMILES string of the molecule is CCCNC(C)(CCCCN(CC)CCOCC)C(N)=O. The van der Waals surface area contributed by atoms with E-state index >= 15 is 0 Å². The highest BCUT2D eigenvalue weighted by atomic mass is 16.5. The molecule has 0 saturated heterocycles. The quantitative estimate of drug-likeness (QED) is 0.480. The lowest BCUT2D eigenvalue weighted by molar-refractivity contribution is -0.124. The van der Waals surface area contributed by atoms with Gasteiger partial charge in [-0.05, 0) is 59.2 Å². The molecule has 5 nitrogen and oxygen atoms in total. The van der Waals surface area contributed by atoms with Crippen molar-refractivity contribution in [3.8, 4) is 0 Å². The van der Waals surface area contributed by atoms with Crippen molar-refractivity contribution in [3.63, 3.8) is 0 Å². The molecule has 1 amide bonds. The molecular weight excluding hydrogens is 266 g/mol. The van der Waals surface area contributed by atoms with Crippen molar-refractivity contribution >= 4 is 5.91 Å². The highest BCUT2D eigenvalue weighted by molar-refractivity contribution is 5.84. The van der Waals surface area contributed by atoms with Crippen molar-refractivity contribution < 1.29 is 9.53 Å². The Labute approximate surface area is 130 Å². The zero-order valence-corrected chi connectivity index (χ0v) is 14.4. The van der Waals surface area contributed by atoms with E-state index in [9.17, 15) is 4.79 Å². The molecule has 0 fully saturated rings. The number of unbranched alkanes of at least 4 members (excludes halogenated alkanes) is 1. The van der Waals surface area contributed by atoms with Gasteiger partial charge in [0.1, 0.15) is 0 Å². The summed E-state index contributed by atoms with van der Waals surface area (Å²) in [5.41, 5.74) is 4.96. The van der Waals surface area contributed by atoms with Crippen molar-refractivity contribution in [2.24, 2.45) is 5.73 Å². The summed E-state index contributed by atoms with van der Waals surface area (Å²) in [5.74, 6) is -0.250. The van der Waals surface area contributed by atoms with Crippen LogP contribution < -0.4 is 11.1 Å². The Morgan fingerprint density at radius 2 is 1.95 bits per heavy atom. The lowest BCUT2D eigenvalue weighted by Crippen LogP contribution is -2.53. The average Bonchev–Trinajstić information content (AvgIpc) is 2.47. The number of likely N-dealkylation sites (N-methyl/N-ethyl adjacent to an activating group) is 1. The summed E-state index contributed by atoms with van der Waals surface area (Å²) < 4.78 is 5.39. The summed E-state index contributed by atoms with van der Waals surface area (Å²) in [5, 5.41) is 3.28. The number of nitrogens with two attached hydrogens (primary N) is 1. The molecule has 3 N–H and O–H groups in total. The second-order valence-electron chi connectivity index (χ2n) is 5.71. The van der Waals surface area contributed by atoms with E-state index in [4.69, 9.17) is 10.5 Å². The molecule has 0 aliphatic heterocycles. The van der Waals surface area contributed by atoms with Crippen LogP contribution in [-0.2, 0) is 9.53 Å². The Bertz CT molecular complexity index is 274. The van der Waals surface area contributed by atoms with E-state index in [1.165, 1.54) is 0 Å². The van der Waals surface area contributed by atoms with Crippen LogP contribution in [0.2, 0.25) is 0 Å². The first-order chi connectivity index (χ1) is 10.00. The van der Waals surface area contributed by atoms with Gasteiger partial charge in [0.25, 0.3) is 0 Å². The third kappa shape index (κ3) is 9.06. The van der Waals surface area contributed by atoms with Crippen molar-refractivity contribution in [1.82, 2.24) is 10.2 Å². The topological polar surface area (TPSA) is 67.6 Å². The maximum absolute atomic E-state index is 11.6. The van der Waals surface area contributed by atoms with Gasteiger partial charge in [-0.2, -0.15) is 0 Å². The number of carbonyl (C=O) groups excluding carboxylic acids is 1. The molecule has 0 aromatic heterocycles. The number of hydrogen-bond acceptors (Lipinski definition) is 4. The Balaban J connectivity index is 3.99. The molecule has 1 atom stereocenters. The van der Waals surface area contributed by atoms with Gasteiger partial charge in [0.2, 0.25) is 5.91 Å². The fourth-order valence-electron chi connectivity index (χ4n) is 2.28. The molecule has 0 aromatic carbocycles. The molecule has 126 valence electrons. The fraction of sp³-hybridized carbons (Fsp3) is 0.938. The van der Waals surface area contributed by atoms with Crippen molar-refractivity contribution in [1.29, 1.82) is 0 Å². The minimum absolute atomic E-state index is 0.250. The van der Waals surface area contributed by atoms with Gasteiger partial charge in [-0.3, -0.25) is 4.79 Å². The number of nitrogens with one attached hydrogen (secondary N) is 1. The standard InChI is InChI=1S/C16H35N3O2/c1-5-11-18-16(4,15(17)20)10-8-9-12-19(6-2)13-14-21-7-3/h18H,5-14H2,1-4H3,(H2,17,20). The van der Waals surface area contributed by atoms with E-state index in [1.54, 1.807) is 0 Å². The van der Waals surface area contributed by atoms with E-state index < -0.39 is 5.54 Å². The first-order valence-electron chi connectivity index (χ1n) is 8.35. The normalized spacial score (nSPS) is 14.3. The van der Waals surface area contributed by atoms with Gasteiger partial charge in [-0.15, -0.1) is 0 Å². The molecule has 0 spiro atoms. The second kappa shape index (κ2) is 12.0. The van der Waals surface area contributed by atoms with E-state index in [-0.39, 0.29) is 5.91 Å². The molecule has 0 aliphatic carbocycles. The second-order valence-corrected chi connectivity index (χ2v) is 5.71. The van der Waals surface area contributed by atoms with E-state index in [1.807, 2.05) is 13.8 Å². The minimum atomic E-state index is -0.571. The Morgan fingerprint density at radius 1 is 1.24 bits per heavy atom. The van der Waals surface area contributed by atoms with Crippen LogP contribution in [0.3, 0.4) is 0 Å². The summed E-state index contributed by atoms with van der Waals surface area (Å²) in [6.07, 6.45) is 3.88. The van der Waals surface area contributed by atoms with Gasteiger partial charge in [-0.25, -0.2) is 0 Å². The number of rotatable bonds is 14. The Kier molecular flexibility index (Phi) is 11.6. The molecule has 0 saturated carbocycles. The number of nitrogens with zero attached hydrogens (tertiary/aromatic N) is 1. The van der Waals surface area contributed by atoms with Gasteiger partial charge in [-0.1, -0.05) is 13.8 Å². The van der Waals surface area contributed by atoms with Gasteiger partial charge in [0.05, 0.1) is 12.1 Å². The maximum Gasteiger partial charge on any atom is 0.237 e. The summed E-state index contributed by atoms with van der Waals surface area (Å²) >= 11 is 0. The predicted octanol–water partition coefficient (Wildman–Crippen LogP) is 1.76. The molecule has 5 heteroatoms. The van der Waals surface area contributed by atoms with Crippen LogP contribution in [-0.4, -0.2) is 55.7 Å². The predicted molar refractivity (Wildman–Crippen MR) is 88.4 cm³/mol. The molecule has 0 aliphatic rings. The highest BCUT2D eigenvalue weighted by Crippen LogP contribution is 2.14.